The van der Waals surface area contributed by atoms with Crippen molar-refractivity contribution in [2.75, 3.05) is 11.1 Å². The van der Waals surface area contributed by atoms with E-state index in [0.717, 1.165) is 5.56 Å². The predicted molar refractivity (Wildman–Crippen MR) is 77.0 cm³/mol. The molecule has 0 aliphatic carbocycles. The van der Waals surface area contributed by atoms with Gasteiger partial charge in [0.1, 0.15) is 5.75 Å². The van der Waals surface area contributed by atoms with Crippen LogP contribution in [0.4, 0.5) is 25.8 Å². The number of nitrogens with one attached hydrogen (secondary N) is 1. The van der Waals surface area contributed by atoms with E-state index < -0.39 is 6.61 Å². The Hall–Kier alpha value is -2.01. The van der Waals surface area contributed by atoms with E-state index in [4.69, 9.17) is 17.3 Å². The molecule has 2 aromatic carbocycles. The number of nitrogens with two attached hydrogens (primary N) is 1. The van der Waals surface area contributed by atoms with Crippen molar-refractivity contribution < 1.29 is 13.5 Å². The van der Waals surface area contributed by atoms with Crippen LogP contribution in [0.1, 0.15) is 5.56 Å². The first-order valence-corrected chi connectivity index (χ1v) is 6.21. The maximum atomic E-state index is 12.2. The Kier molecular flexibility index (Phi) is 4.29. The number of hydrogen-bond acceptors (Lipinski definition) is 3. The van der Waals surface area contributed by atoms with E-state index in [2.05, 4.69) is 10.1 Å². The standard InChI is InChI=1S/C14H13ClF2N2O/c1-8-5-12(18)13(7-11(8)15)19-9-3-2-4-10(6-9)20-14(16)17/h2-7,14,19H,18H2,1H3. The zero-order valence-electron chi connectivity index (χ0n) is 10.7. The molecular formula is C14H13ClF2N2O. The number of alkyl halides is 2. The van der Waals surface area contributed by atoms with E-state index in [9.17, 15) is 8.78 Å². The van der Waals surface area contributed by atoms with Crippen LogP contribution < -0.4 is 15.8 Å². The average Bonchev–Trinajstić information content (AvgIpc) is 2.35. The van der Waals surface area contributed by atoms with Gasteiger partial charge in [0.2, 0.25) is 0 Å². The van der Waals surface area contributed by atoms with Gasteiger partial charge >= 0.3 is 6.61 Å². The van der Waals surface area contributed by atoms with Crippen LogP contribution in [0, 0.1) is 6.92 Å². The molecule has 0 heterocycles. The van der Waals surface area contributed by atoms with Gasteiger partial charge < -0.3 is 15.8 Å². The largest absolute Gasteiger partial charge is 0.435 e. The zero-order chi connectivity index (χ0) is 14.7. The number of rotatable bonds is 4. The lowest BCUT2D eigenvalue weighted by atomic mass is 10.2. The third-order valence-corrected chi connectivity index (χ3v) is 3.08. The van der Waals surface area contributed by atoms with Crippen molar-refractivity contribution >= 4 is 28.7 Å². The zero-order valence-corrected chi connectivity index (χ0v) is 11.4. The Morgan fingerprint density at radius 1 is 1.25 bits per heavy atom. The average molecular weight is 299 g/mol. The van der Waals surface area contributed by atoms with Crippen LogP contribution in [0.2, 0.25) is 5.02 Å². The fourth-order valence-electron chi connectivity index (χ4n) is 1.72. The molecule has 106 valence electrons. The van der Waals surface area contributed by atoms with Crippen LogP contribution in [-0.2, 0) is 0 Å². The molecule has 0 aliphatic heterocycles. The van der Waals surface area contributed by atoms with E-state index in [-0.39, 0.29) is 5.75 Å². The summed E-state index contributed by atoms with van der Waals surface area (Å²) in [6, 6.07) is 9.65. The molecule has 0 radical (unpaired) electrons. The molecule has 0 saturated carbocycles. The van der Waals surface area contributed by atoms with Gasteiger partial charge in [0.05, 0.1) is 11.4 Å². The van der Waals surface area contributed by atoms with Crippen LogP contribution in [0.25, 0.3) is 0 Å². The summed E-state index contributed by atoms with van der Waals surface area (Å²) in [7, 11) is 0. The third-order valence-electron chi connectivity index (χ3n) is 2.67. The Bertz CT molecular complexity index is 620. The van der Waals surface area contributed by atoms with Gasteiger partial charge in [-0.15, -0.1) is 0 Å². The van der Waals surface area contributed by atoms with Crippen molar-refractivity contribution in [3.05, 3.63) is 47.0 Å². The number of nitrogen functional groups attached to an aromatic ring is 1. The lowest BCUT2D eigenvalue weighted by Crippen LogP contribution is -2.02. The summed E-state index contributed by atoms with van der Waals surface area (Å²) >= 11 is 6.03. The molecule has 0 atom stereocenters. The number of halogens is 3. The summed E-state index contributed by atoms with van der Waals surface area (Å²) in [5, 5.41) is 3.59. The molecule has 0 fully saturated rings. The van der Waals surface area contributed by atoms with Crippen LogP contribution >= 0.6 is 11.6 Å². The van der Waals surface area contributed by atoms with Crippen molar-refractivity contribution in [3.8, 4) is 5.75 Å². The van der Waals surface area contributed by atoms with Crippen molar-refractivity contribution in [1.82, 2.24) is 0 Å². The molecule has 0 aromatic heterocycles. The van der Waals surface area contributed by atoms with Crippen LogP contribution in [-0.4, -0.2) is 6.61 Å². The summed E-state index contributed by atoms with van der Waals surface area (Å²) < 4.78 is 28.7. The first-order chi connectivity index (χ1) is 9.45. The molecule has 0 bridgehead atoms. The summed E-state index contributed by atoms with van der Waals surface area (Å²) in [5.41, 5.74) is 8.46. The topological polar surface area (TPSA) is 47.3 Å². The second kappa shape index (κ2) is 5.96. The SMILES string of the molecule is Cc1cc(N)c(Nc2cccc(OC(F)F)c2)cc1Cl. The fraction of sp³-hybridized carbons (Fsp3) is 0.143. The van der Waals surface area contributed by atoms with Gasteiger partial charge in [0, 0.05) is 16.8 Å². The Morgan fingerprint density at radius 3 is 2.70 bits per heavy atom. The highest BCUT2D eigenvalue weighted by Crippen LogP contribution is 2.30. The molecule has 0 spiro atoms. The fourth-order valence-corrected chi connectivity index (χ4v) is 1.88. The molecule has 20 heavy (non-hydrogen) atoms. The molecule has 3 nitrogen and oxygen atoms in total. The lowest BCUT2D eigenvalue weighted by Gasteiger charge is -2.12. The lowest BCUT2D eigenvalue weighted by molar-refractivity contribution is -0.0497. The smallest absolute Gasteiger partial charge is 0.387 e. The van der Waals surface area contributed by atoms with E-state index in [1.54, 1.807) is 24.3 Å². The molecule has 6 heteroatoms. The minimum Gasteiger partial charge on any atom is -0.435 e. The summed E-state index contributed by atoms with van der Waals surface area (Å²) in [5.74, 6) is 0.0711. The first-order valence-electron chi connectivity index (χ1n) is 5.83. The second-order valence-corrected chi connectivity index (χ2v) is 4.63. The maximum absolute atomic E-state index is 12.2. The minimum atomic E-state index is -2.86. The molecule has 3 N–H and O–H groups in total. The second-order valence-electron chi connectivity index (χ2n) is 4.22. The summed E-state index contributed by atoms with van der Waals surface area (Å²) in [6.07, 6.45) is 0. The van der Waals surface area contributed by atoms with E-state index in [1.807, 2.05) is 6.92 Å². The predicted octanol–water partition coefficient (Wildman–Crippen LogP) is 4.58. The molecule has 2 rings (SSSR count). The summed E-state index contributed by atoms with van der Waals surface area (Å²) in [4.78, 5) is 0. The molecule has 0 saturated heterocycles. The highest BCUT2D eigenvalue weighted by Gasteiger charge is 2.07. The normalized spacial score (nSPS) is 10.7. The molecule has 0 aliphatic rings. The molecule has 2 aromatic rings. The molecule has 0 unspecified atom stereocenters. The number of aryl methyl sites for hydroxylation is 1. The minimum absolute atomic E-state index is 0.0711. The van der Waals surface area contributed by atoms with Crippen molar-refractivity contribution in [2.45, 2.75) is 13.5 Å². The van der Waals surface area contributed by atoms with Gasteiger partial charge in [-0.1, -0.05) is 17.7 Å². The van der Waals surface area contributed by atoms with Crippen molar-refractivity contribution in [1.29, 1.82) is 0 Å². The monoisotopic (exact) mass is 298 g/mol. The number of benzene rings is 2. The van der Waals surface area contributed by atoms with Crippen LogP contribution in [0.15, 0.2) is 36.4 Å². The van der Waals surface area contributed by atoms with E-state index >= 15 is 0 Å². The third kappa shape index (κ3) is 3.51. The summed E-state index contributed by atoms with van der Waals surface area (Å²) in [6.45, 7) is -1.01. The highest BCUT2D eigenvalue weighted by molar-refractivity contribution is 6.31. The maximum Gasteiger partial charge on any atom is 0.387 e. The van der Waals surface area contributed by atoms with Gasteiger partial charge in [0.25, 0.3) is 0 Å². The number of hydrogen-bond donors (Lipinski definition) is 2. The molecular weight excluding hydrogens is 286 g/mol. The van der Waals surface area contributed by atoms with Gasteiger partial charge in [-0.25, -0.2) is 0 Å². The van der Waals surface area contributed by atoms with E-state index in [1.165, 1.54) is 12.1 Å². The Balaban J connectivity index is 2.24. The van der Waals surface area contributed by atoms with Crippen molar-refractivity contribution in [2.24, 2.45) is 0 Å². The molecule has 0 amide bonds. The van der Waals surface area contributed by atoms with Gasteiger partial charge in [-0.3, -0.25) is 0 Å². The first kappa shape index (κ1) is 14.4. The van der Waals surface area contributed by atoms with E-state index in [0.29, 0.717) is 22.1 Å². The highest BCUT2D eigenvalue weighted by atomic mass is 35.5. The number of anilines is 3. The van der Waals surface area contributed by atoms with Gasteiger partial charge in [-0.05, 0) is 36.8 Å². The Morgan fingerprint density at radius 2 is 2.00 bits per heavy atom. The quantitative estimate of drug-likeness (QED) is 0.812. The van der Waals surface area contributed by atoms with Crippen LogP contribution in [0.5, 0.6) is 5.75 Å². The Labute approximate surface area is 120 Å². The van der Waals surface area contributed by atoms with Crippen LogP contribution in [0.3, 0.4) is 0 Å². The van der Waals surface area contributed by atoms with Gasteiger partial charge in [-0.2, -0.15) is 8.78 Å². The van der Waals surface area contributed by atoms with Gasteiger partial charge in [0.15, 0.2) is 0 Å². The number of ether oxygens (including phenoxy) is 1. The van der Waals surface area contributed by atoms with Crippen molar-refractivity contribution in [3.63, 3.8) is 0 Å².